The van der Waals surface area contributed by atoms with Crippen molar-refractivity contribution in [2.24, 2.45) is 11.8 Å². The van der Waals surface area contributed by atoms with E-state index < -0.39 is 0 Å². The minimum atomic E-state index is -0.0413. The molecule has 5 heteroatoms. The van der Waals surface area contributed by atoms with Gasteiger partial charge >= 0.3 is 0 Å². The van der Waals surface area contributed by atoms with Crippen molar-refractivity contribution in [3.05, 3.63) is 46.8 Å². The van der Waals surface area contributed by atoms with E-state index in [9.17, 15) is 0 Å². The molecule has 1 aromatic heterocycles. The van der Waals surface area contributed by atoms with Gasteiger partial charge in [-0.1, -0.05) is 114 Å². The first-order valence-corrected chi connectivity index (χ1v) is 19.0. The summed E-state index contributed by atoms with van der Waals surface area (Å²) in [7, 11) is 3.50. The Labute approximate surface area is 292 Å². The molecule has 3 aromatic rings. The highest BCUT2D eigenvalue weighted by atomic mass is 32.1. The average Bonchev–Trinajstić information content (AvgIpc) is 3.42. The molecule has 0 amide bonds. The summed E-state index contributed by atoms with van der Waals surface area (Å²) in [4.78, 5) is 2.53. The molecular formula is C42H65NO3S. The number of nitrogens with one attached hydrogen (secondary N) is 1. The standard InChI is InChI=1S/C42H65NO3S/c1-13-17-19-29(15-3)27-43-37-38(46-28-30(16-4)20-18-14-2)39(47-40(37)42(8,9)10)31-21-23-35(44-11)33(25-31)34-26-32(41(5,6)7)22-24-36(34)45-12/h21-26,29-30,43H,13-20,27-28H2,1-12H3. The van der Waals surface area contributed by atoms with E-state index in [1.165, 1.54) is 66.0 Å². The molecule has 3 rings (SSSR count). The van der Waals surface area contributed by atoms with E-state index in [2.05, 4.69) is 111 Å². The summed E-state index contributed by atoms with van der Waals surface area (Å²) >= 11 is 1.88. The molecule has 0 fully saturated rings. The Morgan fingerprint density at radius 2 is 1.30 bits per heavy atom. The van der Waals surface area contributed by atoms with Crippen LogP contribution >= 0.6 is 11.3 Å². The second-order valence-electron chi connectivity index (χ2n) is 15.3. The van der Waals surface area contributed by atoms with Crippen molar-refractivity contribution in [3.63, 3.8) is 0 Å². The summed E-state index contributed by atoms with van der Waals surface area (Å²) in [5.41, 5.74) is 5.61. The number of unbranched alkanes of at least 4 members (excludes halogenated alkanes) is 2. The van der Waals surface area contributed by atoms with Crippen LogP contribution in [0.2, 0.25) is 0 Å². The molecule has 2 atom stereocenters. The fourth-order valence-corrected chi connectivity index (χ4v) is 7.44. The van der Waals surface area contributed by atoms with Gasteiger partial charge < -0.3 is 19.5 Å². The van der Waals surface area contributed by atoms with Crippen LogP contribution in [0.3, 0.4) is 0 Å². The maximum absolute atomic E-state index is 7.00. The first-order valence-electron chi connectivity index (χ1n) is 18.2. The van der Waals surface area contributed by atoms with Crippen molar-refractivity contribution < 1.29 is 14.2 Å². The molecule has 1 N–H and O–H groups in total. The number of methoxy groups -OCH3 is 2. The van der Waals surface area contributed by atoms with E-state index in [-0.39, 0.29) is 10.8 Å². The molecule has 0 aliphatic rings. The molecule has 2 unspecified atom stereocenters. The van der Waals surface area contributed by atoms with Gasteiger partial charge in [0.15, 0.2) is 5.75 Å². The van der Waals surface area contributed by atoms with E-state index in [0.29, 0.717) is 11.8 Å². The normalized spacial score (nSPS) is 13.4. The van der Waals surface area contributed by atoms with Crippen molar-refractivity contribution >= 4 is 17.0 Å². The molecular weight excluding hydrogens is 599 g/mol. The van der Waals surface area contributed by atoms with Gasteiger partial charge in [0.1, 0.15) is 11.5 Å². The predicted molar refractivity (Wildman–Crippen MR) is 206 cm³/mol. The van der Waals surface area contributed by atoms with Crippen LogP contribution in [0.25, 0.3) is 21.6 Å². The number of thiophene rings is 1. The Balaban J connectivity index is 2.25. The molecule has 262 valence electrons. The van der Waals surface area contributed by atoms with Crippen LogP contribution in [0.5, 0.6) is 17.2 Å². The first-order chi connectivity index (χ1) is 22.3. The lowest BCUT2D eigenvalue weighted by Gasteiger charge is -2.23. The van der Waals surface area contributed by atoms with Gasteiger partial charge in [-0.25, -0.2) is 0 Å². The fraction of sp³-hybridized carbons (Fsp3) is 0.619. The van der Waals surface area contributed by atoms with E-state index in [1.807, 2.05) is 11.3 Å². The van der Waals surface area contributed by atoms with Crippen molar-refractivity contribution in [1.82, 2.24) is 0 Å². The van der Waals surface area contributed by atoms with Gasteiger partial charge in [0.05, 0.1) is 31.4 Å². The first kappa shape index (κ1) is 38.8. The zero-order valence-corrected chi connectivity index (χ0v) is 32.6. The highest BCUT2D eigenvalue weighted by molar-refractivity contribution is 7.16. The van der Waals surface area contributed by atoms with E-state index in [1.54, 1.807) is 14.2 Å². The second-order valence-corrected chi connectivity index (χ2v) is 16.3. The second kappa shape index (κ2) is 17.7. The summed E-state index contributed by atoms with van der Waals surface area (Å²) in [5, 5.41) is 3.98. The monoisotopic (exact) mass is 663 g/mol. The third-order valence-electron chi connectivity index (χ3n) is 9.48. The molecule has 0 saturated heterocycles. The molecule has 0 spiro atoms. The van der Waals surface area contributed by atoms with Crippen LogP contribution in [-0.4, -0.2) is 27.4 Å². The van der Waals surface area contributed by atoms with Gasteiger partial charge in [-0.05, 0) is 77.0 Å². The quantitative estimate of drug-likeness (QED) is 0.147. The lowest BCUT2D eigenvalue weighted by molar-refractivity contribution is 0.235. The zero-order chi connectivity index (χ0) is 34.8. The van der Waals surface area contributed by atoms with Crippen LogP contribution in [0.15, 0.2) is 36.4 Å². The van der Waals surface area contributed by atoms with Crippen molar-refractivity contribution in [2.75, 3.05) is 32.7 Å². The summed E-state index contributed by atoms with van der Waals surface area (Å²) in [6.07, 6.45) is 9.72. The molecule has 1 heterocycles. The summed E-state index contributed by atoms with van der Waals surface area (Å²) < 4.78 is 18.9. The molecule has 2 aromatic carbocycles. The maximum Gasteiger partial charge on any atom is 0.161 e. The Morgan fingerprint density at radius 3 is 1.83 bits per heavy atom. The number of benzene rings is 2. The Kier molecular flexibility index (Phi) is 14.6. The van der Waals surface area contributed by atoms with Crippen LogP contribution in [0.4, 0.5) is 5.69 Å². The average molecular weight is 664 g/mol. The molecule has 4 nitrogen and oxygen atoms in total. The largest absolute Gasteiger partial charge is 0.496 e. The molecule has 47 heavy (non-hydrogen) atoms. The Morgan fingerprint density at radius 1 is 0.723 bits per heavy atom. The van der Waals surface area contributed by atoms with E-state index >= 15 is 0 Å². The molecule has 0 aliphatic carbocycles. The van der Waals surface area contributed by atoms with Crippen LogP contribution in [0, 0.1) is 11.8 Å². The minimum Gasteiger partial charge on any atom is -0.496 e. The number of rotatable bonds is 18. The summed E-state index contributed by atoms with van der Waals surface area (Å²) in [6.45, 7) is 24.6. The van der Waals surface area contributed by atoms with Crippen LogP contribution in [-0.2, 0) is 10.8 Å². The van der Waals surface area contributed by atoms with Crippen molar-refractivity contribution in [1.29, 1.82) is 0 Å². The van der Waals surface area contributed by atoms with Crippen LogP contribution in [0.1, 0.15) is 131 Å². The molecule has 0 saturated carbocycles. The topological polar surface area (TPSA) is 39.7 Å². The third-order valence-corrected chi connectivity index (χ3v) is 11.1. The minimum absolute atomic E-state index is 0.00385. The highest BCUT2D eigenvalue weighted by Crippen LogP contribution is 2.52. The van der Waals surface area contributed by atoms with Gasteiger partial charge in [0, 0.05) is 22.5 Å². The van der Waals surface area contributed by atoms with Gasteiger partial charge in [-0.3, -0.25) is 0 Å². The van der Waals surface area contributed by atoms with Crippen molar-refractivity contribution in [2.45, 2.75) is 131 Å². The fourth-order valence-electron chi connectivity index (χ4n) is 6.17. The molecule has 0 bridgehead atoms. The molecule has 0 aliphatic heterocycles. The van der Waals surface area contributed by atoms with Gasteiger partial charge in [0.2, 0.25) is 0 Å². The zero-order valence-electron chi connectivity index (χ0n) is 31.8. The number of hydrogen-bond donors (Lipinski definition) is 1. The number of anilines is 1. The summed E-state index contributed by atoms with van der Waals surface area (Å²) in [5.74, 6) is 3.86. The molecule has 0 radical (unpaired) electrons. The number of ether oxygens (including phenoxy) is 3. The lowest BCUT2D eigenvalue weighted by Crippen LogP contribution is -2.18. The van der Waals surface area contributed by atoms with Crippen LogP contribution < -0.4 is 19.5 Å². The van der Waals surface area contributed by atoms with Gasteiger partial charge in [-0.2, -0.15) is 0 Å². The Bertz CT molecular complexity index is 1390. The predicted octanol–water partition coefficient (Wildman–Crippen LogP) is 12.9. The van der Waals surface area contributed by atoms with E-state index in [0.717, 1.165) is 53.5 Å². The summed E-state index contributed by atoms with van der Waals surface area (Å²) in [6, 6.07) is 13.1. The van der Waals surface area contributed by atoms with Gasteiger partial charge in [-0.15, -0.1) is 11.3 Å². The van der Waals surface area contributed by atoms with Crippen molar-refractivity contribution in [3.8, 4) is 38.8 Å². The van der Waals surface area contributed by atoms with E-state index in [4.69, 9.17) is 14.2 Å². The lowest BCUT2D eigenvalue weighted by atomic mass is 9.85. The smallest absolute Gasteiger partial charge is 0.161 e. The SMILES string of the molecule is CCCCC(CC)CNc1c(C(C)(C)C)sc(-c2ccc(OC)c(-c3cc(C(C)(C)C)ccc3OC)c2)c1OCC(CC)CCCC. The van der Waals surface area contributed by atoms with Gasteiger partial charge in [0.25, 0.3) is 0 Å². The maximum atomic E-state index is 7.00. The highest BCUT2D eigenvalue weighted by Gasteiger charge is 2.30. The number of hydrogen-bond acceptors (Lipinski definition) is 5. The third kappa shape index (κ3) is 10.2. The Hall–Kier alpha value is -2.66.